The Labute approximate surface area is 194 Å². The number of pyridine rings is 1. The number of benzene rings is 1. The van der Waals surface area contributed by atoms with Crippen LogP contribution in [0.2, 0.25) is 0 Å². The van der Waals surface area contributed by atoms with E-state index in [0.29, 0.717) is 25.8 Å². The zero-order valence-corrected chi connectivity index (χ0v) is 19.2. The molecule has 0 saturated carbocycles. The van der Waals surface area contributed by atoms with E-state index in [9.17, 15) is 14.4 Å². The summed E-state index contributed by atoms with van der Waals surface area (Å²) in [6.07, 6.45) is 3.88. The van der Waals surface area contributed by atoms with E-state index in [0.717, 1.165) is 29.1 Å². The van der Waals surface area contributed by atoms with Crippen LogP contribution >= 0.6 is 0 Å². The molecule has 1 aromatic carbocycles. The molecule has 3 amide bonds. The minimum absolute atomic E-state index is 0.0590. The highest BCUT2D eigenvalue weighted by Crippen LogP contribution is 2.39. The van der Waals surface area contributed by atoms with Crippen molar-refractivity contribution < 1.29 is 14.4 Å². The average molecular weight is 450 g/mol. The van der Waals surface area contributed by atoms with Crippen LogP contribution in [0.25, 0.3) is 0 Å². The third-order valence-corrected chi connectivity index (χ3v) is 6.15. The molecular formula is C25H31N5O3. The maximum atomic E-state index is 13.7. The van der Waals surface area contributed by atoms with Gasteiger partial charge in [-0.2, -0.15) is 0 Å². The minimum Gasteiger partial charge on any atom is -0.343 e. The van der Waals surface area contributed by atoms with Crippen LogP contribution in [0.5, 0.6) is 0 Å². The first-order valence-corrected chi connectivity index (χ1v) is 11.5. The predicted octanol–water partition coefficient (Wildman–Crippen LogP) is 2.16. The Kier molecular flexibility index (Phi) is 6.74. The highest BCUT2D eigenvalue weighted by atomic mass is 16.2. The SMILES string of the molecule is CC(C)CC(N)C(=O)NC1Cc2cccc(N3CCCC3=O)c2N(Cc2ccccn2)C1=O. The Morgan fingerprint density at radius 2 is 2.03 bits per heavy atom. The van der Waals surface area contributed by atoms with E-state index in [1.54, 1.807) is 16.0 Å². The molecule has 2 aliphatic rings. The van der Waals surface area contributed by atoms with Gasteiger partial charge in [-0.05, 0) is 42.5 Å². The second-order valence-corrected chi connectivity index (χ2v) is 9.18. The summed E-state index contributed by atoms with van der Waals surface area (Å²) < 4.78 is 0. The number of aromatic nitrogens is 1. The van der Waals surface area contributed by atoms with Gasteiger partial charge in [0.15, 0.2) is 0 Å². The molecule has 2 aliphatic heterocycles. The van der Waals surface area contributed by atoms with Gasteiger partial charge in [0.05, 0.1) is 29.7 Å². The quantitative estimate of drug-likeness (QED) is 0.673. The third-order valence-electron chi connectivity index (χ3n) is 6.15. The summed E-state index contributed by atoms with van der Waals surface area (Å²) in [5, 5.41) is 2.87. The van der Waals surface area contributed by atoms with Crippen molar-refractivity contribution in [1.82, 2.24) is 10.3 Å². The molecule has 0 radical (unpaired) electrons. The van der Waals surface area contributed by atoms with Gasteiger partial charge in [0.25, 0.3) is 0 Å². The highest BCUT2D eigenvalue weighted by molar-refractivity contribution is 6.08. The number of fused-ring (bicyclic) bond motifs is 1. The van der Waals surface area contributed by atoms with Crippen molar-refractivity contribution in [3.63, 3.8) is 0 Å². The Morgan fingerprint density at radius 3 is 2.70 bits per heavy atom. The van der Waals surface area contributed by atoms with Gasteiger partial charge in [-0.1, -0.05) is 32.0 Å². The van der Waals surface area contributed by atoms with Crippen LogP contribution in [0.3, 0.4) is 0 Å². The number of hydrogen-bond donors (Lipinski definition) is 2. The van der Waals surface area contributed by atoms with Crippen LogP contribution in [0.15, 0.2) is 42.6 Å². The molecule has 1 saturated heterocycles. The van der Waals surface area contributed by atoms with Gasteiger partial charge in [-0.15, -0.1) is 0 Å². The number of carbonyl (C=O) groups excluding carboxylic acids is 3. The lowest BCUT2D eigenvalue weighted by Crippen LogP contribution is -2.56. The fourth-order valence-electron chi connectivity index (χ4n) is 4.60. The van der Waals surface area contributed by atoms with Gasteiger partial charge in [0, 0.05) is 25.6 Å². The normalized spacial score (nSPS) is 19.1. The number of amides is 3. The van der Waals surface area contributed by atoms with E-state index in [4.69, 9.17) is 5.73 Å². The van der Waals surface area contributed by atoms with Gasteiger partial charge in [0.1, 0.15) is 6.04 Å². The Hall–Kier alpha value is -3.26. The van der Waals surface area contributed by atoms with Gasteiger partial charge >= 0.3 is 0 Å². The molecule has 3 N–H and O–H groups in total. The summed E-state index contributed by atoms with van der Waals surface area (Å²) in [6.45, 7) is 4.89. The lowest BCUT2D eigenvalue weighted by molar-refractivity contribution is -0.128. The molecule has 0 spiro atoms. The smallest absolute Gasteiger partial charge is 0.250 e. The molecule has 0 bridgehead atoms. The summed E-state index contributed by atoms with van der Waals surface area (Å²) in [5.74, 6) is -0.218. The number of carbonyl (C=O) groups is 3. The van der Waals surface area contributed by atoms with E-state index in [-0.39, 0.29) is 30.2 Å². The molecule has 2 aromatic rings. The van der Waals surface area contributed by atoms with Crippen molar-refractivity contribution in [1.29, 1.82) is 0 Å². The van der Waals surface area contributed by atoms with Crippen LogP contribution in [0.4, 0.5) is 11.4 Å². The number of nitrogens with two attached hydrogens (primary N) is 1. The van der Waals surface area contributed by atoms with E-state index in [1.165, 1.54) is 0 Å². The zero-order chi connectivity index (χ0) is 23.5. The van der Waals surface area contributed by atoms with Crippen molar-refractivity contribution in [3.8, 4) is 0 Å². The molecule has 8 heteroatoms. The van der Waals surface area contributed by atoms with Gasteiger partial charge in [-0.25, -0.2) is 0 Å². The Morgan fingerprint density at radius 1 is 1.21 bits per heavy atom. The van der Waals surface area contributed by atoms with E-state index in [1.807, 2.05) is 50.2 Å². The molecule has 3 heterocycles. The van der Waals surface area contributed by atoms with Crippen molar-refractivity contribution in [2.75, 3.05) is 16.3 Å². The van der Waals surface area contributed by atoms with Gasteiger partial charge < -0.3 is 20.9 Å². The van der Waals surface area contributed by atoms with Crippen molar-refractivity contribution >= 4 is 29.1 Å². The number of nitrogens with one attached hydrogen (secondary N) is 1. The highest BCUT2D eigenvalue weighted by Gasteiger charge is 2.38. The van der Waals surface area contributed by atoms with Gasteiger partial charge in [-0.3, -0.25) is 19.4 Å². The molecule has 4 rings (SSSR count). The molecule has 1 fully saturated rings. The lowest BCUT2D eigenvalue weighted by Gasteiger charge is -2.37. The van der Waals surface area contributed by atoms with Crippen molar-refractivity contribution in [2.24, 2.45) is 11.7 Å². The van der Waals surface area contributed by atoms with Crippen LogP contribution in [-0.2, 0) is 27.3 Å². The molecule has 33 heavy (non-hydrogen) atoms. The van der Waals surface area contributed by atoms with Crippen molar-refractivity contribution in [2.45, 2.75) is 58.2 Å². The van der Waals surface area contributed by atoms with Gasteiger partial charge in [0.2, 0.25) is 17.7 Å². The zero-order valence-electron chi connectivity index (χ0n) is 19.2. The largest absolute Gasteiger partial charge is 0.343 e. The number of hydrogen-bond acceptors (Lipinski definition) is 5. The van der Waals surface area contributed by atoms with E-state index >= 15 is 0 Å². The van der Waals surface area contributed by atoms with Crippen LogP contribution in [0.1, 0.15) is 44.4 Å². The number of anilines is 2. The Balaban J connectivity index is 1.69. The monoisotopic (exact) mass is 449 g/mol. The third kappa shape index (κ3) is 4.90. The summed E-state index contributed by atoms with van der Waals surface area (Å²) >= 11 is 0. The van der Waals surface area contributed by atoms with Crippen LogP contribution in [0, 0.1) is 5.92 Å². The van der Waals surface area contributed by atoms with Crippen LogP contribution in [-0.4, -0.2) is 41.3 Å². The first-order valence-electron chi connectivity index (χ1n) is 11.5. The van der Waals surface area contributed by atoms with E-state index < -0.39 is 12.1 Å². The molecule has 0 aliphatic carbocycles. The molecule has 2 atom stereocenters. The molecule has 174 valence electrons. The molecule has 2 unspecified atom stereocenters. The summed E-state index contributed by atoms with van der Waals surface area (Å²) in [5.41, 5.74) is 9.16. The number of para-hydroxylation sites is 1. The fraction of sp³-hybridized carbons (Fsp3) is 0.440. The Bertz CT molecular complexity index is 1040. The van der Waals surface area contributed by atoms with E-state index in [2.05, 4.69) is 10.3 Å². The topological polar surface area (TPSA) is 109 Å². The number of rotatable bonds is 7. The minimum atomic E-state index is -0.726. The lowest BCUT2D eigenvalue weighted by atomic mass is 9.94. The fourth-order valence-corrected chi connectivity index (χ4v) is 4.60. The summed E-state index contributed by atoms with van der Waals surface area (Å²) in [6, 6.07) is 9.90. The maximum absolute atomic E-state index is 13.7. The first kappa shape index (κ1) is 22.9. The maximum Gasteiger partial charge on any atom is 0.250 e. The standard InChI is InChI=1S/C25H31N5O3/c1-16(2)13-19(26)24(32)28-20-14-17-7-5-9-21(29-12-6-10-22(29)31)23(17)30(25(20)33)15-18-8-3-4-11-27-18/h3-5,7-9,11,16,19-20H,6,10,12-15,26H2,1-2H3,(H,28,32). The molecular weight excluding hydrogens is 418 g/mol. The number of nitrogens with zero attached hydrogens (tertiary/aromatic N) is 3. The predicted molar refractivity (Wildman–Crippen MR) is 127 cm³/mol. The second kappa shape index (κ2) is 9.70. The second-order valence-electron chi connectivity index (χ2n) is 9.18. The van der Waals surface area contributed by atoms with Crippen molar-refractivity contribution in [3.05, 3.63) is 53.9 Å². The molecule has 1 aromatic heterocycles. The summed E-state index contributed by atoms with van der Waals surface area (Å²) in [7, 11) is 0. The first-order chi connectivity index (χ1) is 15.8. The van der Waals surface area contributed by atoms with Crippen LogP contribution < -0.4 is 20.9 Å². The summed E-state index contributed by atoms with van der Waals surface area (Å²) in [4.78, 5) is 46.7. The molecule has 8 nitrogen and oxygen atoms in total. The average Bonchev–Trinajstić information content (AvgIpc) is 3.22.